The molecule has 2 nitrogen and oxygen atoms in total. The van der Waals surface area contributed by atoms with Crippen molar-refractivity contribution in [2.45, 2.75) is 50.8 Å². The molecule has 5 heteroatoms. The minimum atomic E-state index is 0.263. The Balaban J connectivity index is 1.81. The highest BCUT2D eigenvalue weighted by molar-refractivity contribution is 7.99. The van der Waals surface area contributed by atoms with E-state index in [-0.39, 0.29) is 5.91 Å². The van der Waals surface area contributed by atoms with Crippen molar-refractivity contribution in [2.75, 3.05) is 12.3 Å². The minimum absolute atomic E-state index is 0.263. The van der Waals surface area contributed by atoms with Crippen LogP contribution in [0.2, 0.25) is 10.0 Å². The van der Waals surface area contributed by atoms with Crippen LogP contribution in [0.4, 0.5) is 0 Å². The highest BCUT2D eigenvalue weighted by Crippen LogP contribution is 2.26. The number of benzene rings is 1. The lowest BCUT2D eigenvalue weighted by molar-refractivity contribution is -0.131. The van der Waals surface area contributed by atoms with E-state index in [1.807, 2.05) is 18.2 Å². The molecule has 0 bridgehead atoms. The summed E-state index contributed by atoms with van der Waals surface area (Å²) in [6.07, 6.45) is 6.15. The topological polar surface area (TPSA) is 20.3 Å². The smallest absolute Gasteiger partial charge is 0.232 e. The number of hydrogen-bond donors (Lipinski definition) is 0. The molecule has 0 spiro atoms. The molecular weight excluding hydrogens is 337 g/mol. The van der Waals surface area contributed by atoms with Crippen LogP contribution in [0.5, 0.6) is 0 Å². The highest BCUT2D eigenvalue weighted by Gasteiger charge is 2.23. The number of hydrogen-bond acceptors (Lipinski definition) is 2. The first kappa shape index (κ1) is 18.0. The molecule has 0 unspecified atom stereocenters. The third-order valence-electron chi connectivity index (χ3n) is 4.15. The van der Waals surface area contributed by atoms with Gasteiger partial charge in [-0.25, -0.2) is 0 Å². The molecule has 0 atom stereocenters. The van der Waals surface area contributed by atoms with Crippen molar-refractivity contribution in [3.05, 3.63) is 33.8 Å². The van der Waals surface area contributed by atoms with Crippen LogP contribution in [0.3, 0.4) is 0 Å². The molecule has 0 aliphatic heterocycles. The van der Waals surface area contributed by atoms with E-state index in [1.165, 1.54) is 19.3 Å². The summed E-state index contributed by atoms with van der Waals surface area (Å²) in [6, 6.07) is 6.10. The summed E-state index contributed by atoms with van der Waals surface area (Å²) < 4.78 is 0. The molecule has 22 heavy (non-hydrogen) atoms. The van der Waals surface area contributed by atoms with Crippen LogP contribution >= 0.6 is 35.0 Å². The van der Waals surface area contributed by atoms with E-state index in [1.54, 1.807) is 11.8 Å². The lowest BCUT2D eigenvalue weighted by Gasteiger charge is -2.33. The molecule has 1 amide bonds. The second kappa shape index (κ2) is 9.05. The van der Waals surface area contributed by atoms with Crippen molar-refractivity contribution in [1.82, 2.24) is 4.90 Å². The van der Waals surface area contributed by atoms with Crippen LogP contribution in [-0.4, -0.2) is 29.1 Å². The van der Waals surface area contributed by atoms with E-state index in [4.69, 9.17) is 23.2 Å². The fraction of sp³-hybridized carbons (Fsp3) is 0.588. The second-order valence-electron chi connectivity index (χ2n) is 5.71. The summed E-state index contributed by atoms with van der Waals surface area (Å²) >= 11 is 13.6. The first-order valence-electron chi connectivity index (χ1n) is 7.93. The maximum Gasteiger partial charge on any atom is 0.232 e. The van der Waals surface area contributed by atoms with Gasteiger partial charge in [0.05, 0.1) is 15.8 Å². The Morgan fingerprint density at radius 2 is 1.95 bits per heavy atom. The van der Waals surface area contributed by atoms with E-state index in [9.17, 15) is 4.79 Å². The monoisotopic (exact) mass is 359 g/mol. The molecule has 1 aromatic rings. The summed E-state index contributed by atoms with van der Waals surface area (Å²) in [5, 5.41) is 1.14. The molecule has 0 radical (unpaired) electrons. The summed E-state index contributed by atoms with van der Waals surface area (Å²) in [7, 11) is 0. The van der Waals surface area contributed by atoms with Gasteiger partial charge >= 0.3 is 0 Å². The van der Waals surface area contributed by atoms with Gasteiger partial charge in [0, 0.05) is 18.3 Å². The molecule has 0 aromatic heterocycles. The van der Waals surface area contributed by atoms with Gasteiger partial charge in [-0.15, -0.1) is 11.8 Å². The van der Waals surface area contributed by atoms with Gasteiger partial charge in [-0.05, 0) is 37.5 Å². The number of amides is 1. The molecule has 1 aromatic carbocycles. The average molecular weight is 360 g/mol. The van der Waals surface area contributed by atoms with Crippen LogP contribution < -0.4 is 0 Å². The molecule has 0 N–H and O–H groups in total. The van der Waals surface area contributed by atoms with Crippen LogP contribution in [-0.2, 0) is 10.5 Å². The Labute approximate surface area is 147 Å². The van der Waals surface area contributed by atoms with E-state index in [0.717, 1.165) is 30.7 Å². The van der Waals surface area contributed by atoms with Crippen LogP contribution in [0.1, 0.15) is 44.6 Å². The van der Waals surface area contributed by atoms with Gasteiger partial charge in [-0.2, -0.15) is 0 Å². The number of rotatable bonds is 6. The molecule has 0 heterocycles. The first-order valence-corrected chi connectivity index (χ1v) is 9.84. The Bertz CT molecular complexity index is 503. The van der Waals surface area contributed by atoms with Crippen molar-refractivity contribution in [3.63, 3.8) is 0 Å². The van der Waals surface area contributed by atoms with Crippen molar-refractivity contribution in [1.29, 1.82) is 0 Å². The van der Waals surface area contributed by atoms with Crippen LogP contribution in [0.25, 0.3) is 0 Å². The molecule has 1 aliphatic rings. The quantitative estimate of drug-likeness (QED) is 0.676. The molecule has 1 saturated carbocycles. The number of carbonyl (C=O) groups is 1. The number of thioether (sulfide) groups is 1. The van der Waals surface area contributed by atoms with Gasteiger partial charge in [-0.3, -0.25) is 4.79 Å². The Morgan fingerprint density at radius 1 is 1.23 bits per heavy atom. The van der Waals surface area contributed by atoms with Gasteiger partial charge in [0.2, 0.25) is 5.91 Å². The normalized spacial score (nSPS) is 15.8. The minimum Gasteiger partial charge on any atom is -0.339 e. The summed E-state index contributed by atoms with van der Waals surface area (Å²) in [5.74, 6) is 1.58. The van der Waals surface area contributed by atoms with Crippen molar-refractivity contribution in [3.8, 4) is 0 Å². The van der Waals surface area contributed by atoms with Gasteiger partial charge < -0.3 is 4.90 Å². The van der Waals surface area contributed by atoms with Crippen LogP contribution in [0.15, 0.2) is 18.2 Å². The maximum absolute atomic E-state index is 12.4. The van der Waals surface area contributed by atoms with Crippen molar-refractivity contribution in [2.24, 2.45) is 0 Å². The SMILES string of the molecule is CCN(C(=O)CSCc1ccc(Cl)c(Cl)c1)C1CCCCC1. The Hall–Kier alpha value is -0.380. The Morgan fingerprint density at radius 3 is 2.59 bits per heavy atom. The molecule has 1 aliphatic carbocycles. The number of halogens is 2. The van der Waals surface area contributed by atoms with E-state index in [2.05, 4.69) is 11.8 Å². The zero-order chi connectivity index (χ0) is 15.9. The lowest BCUT2D eigenvalue weighted by Crippen LogP contribution is -2.42. The molecule has 1 fully saturated rings. The zero-order valence-corrected chi connectivity index (χ0v) is 15.3. The zero-order valence-electron chi connectivity index (χ0n) is 13.0. The van der Waals surface area contributed by atoms with Crippen molar-refractivity contribution < 1.29 is 4.79 Å². The van der Waals surface area contributed by atoms with E-state index >= 15 is 0 Å². The van der Waals surface area contributed by atoms with E-state index in [0.29, 0.717) is 21.8 Å². The van der Waals surface area contributed by atoms with Gasteiger partial charge in [-0.1, -0.05) is 48.5 Å². The van der Waals surface area contributed by atoms with Crippen LogP contribution in [0, 0.1) is 0 Å². The predicted octanol–water partition coefficient (Wildman–Crippen LogP) is 5.41. The molecule has 2 rings (SSSR count). The number of nitrogens with zero attached hydrogens (tertiary/aromatic N) is 1. The van der Waals surface area contributed by atoms with Crippen molar-refractivity contribution >= 4 is 40.9 Å². The largest absolute Gasteiger partial charge is 0.339 e. The predicted molar refractivity (Wildman–Crippen MR) is 96.9 cm³/mol. The molecule has 0 saturated heterocycles. The summed E-state index contributed by atoms with van der Waals surface area (Å²) in [6.45, 7) is 2.90. The van der Waals surface area contributed by atoms with E-state index < -0.39 is 0 Å². The van der Waals surface area contributed by atoms with Gasteiger partial charge in [0.1, 0.15) is 0 Å². The first-order chi connectivity index (χ1) is 10.6. The third kappa shape index (κ3) is 5.07. The lowest BCUT2D eigenvalue weighted by atomic mass is 9.94. The third-order valence-corrected chi connectivity index (χ3v) is 5.88. The second-order valence-corrected chi connectivity index (χ2v) is 7.51. The summed E-state index contributed by atoms with van der Waals surface area (Å²) in [4.78, 5) is 14.5. The maximum atomic E-state index is 12.4. The fourth-order valence-electron chi connectivity index (χ4n) is 3.00. The molecular formula is C17H23Cl2NOS. The highest BCUT2D eigenvalue weighted by atomic mass is 35.5. The summed E-state index contributed by atoms with van der Waals surface area (Å²) in [5.41, 5.74) is 1.10. The standard InChI is InChI=1S/C17H23Cl2NOS/c1-2-20(14-6-4-3-5-7-14)17(21)12-22-11-13-8-9-15(18)16(19)10-13/h8-10,14H,2-7,11-12H2,1H3. The average Bonchev–Trinajstić information content (AvgIpc) is 2.52. The van der Waals surface area contributed by atoms with Gasteiger partial charge in [0.25, 0.3) is 0 Å². The van der Waals surface area contributed by atoms with Gasteiger partial charge in [0.15, 0.2) is 0 Å². The number of carbonyl (C=O) groups excluding carboxylic acids is 1. The Kier molecular flexibility index (Phi) is 7.39. The fourth-order valence-corrected chi connectivity index (χ4v) is 4.18. The molecule has 122 valence electrons.